The molecule has 1 aromatic rings. The number of sulfonamides is 1. The maximum absolute atomic E-state index is 13.3. The minimum atomic E-state index is -3.92. The number of nitrogens with one attached hydrogen (secondary N) is 1. The molecule has 1 aromatic carbocycles. The van der Waals surface area contributed by atoms with Crippen LogP contribution in [0.25, 0.3) is 0 Å². The maximum atomic E-state index is 13.3. The van der Waals surface area contributed by atoms with E-state index >= 15 is 0 Å². The Balaban J connectivity index is 3.56. The molecule has 0 aliphatic heterocycles. The van der Waals surface area contributed by atoms with E-state index in [2.05, 4.69) is 0 Å². The summed E-state index contributed by atoms with van der Waals surface area (Å²) in [5, 5.41) is -0.496. The lowest BCUT2D eigenvalue weighted by atomic mass is 10.3. The summed E-state index contributed by atoms with van der Waals surface area (Å²) in [7, 11) is -2.76. The van der Waals surface area contributed by atoms with E-state index < -0.39 is 20.7 Å². The lowest BCUT2D eigenvalue weighted by Crippen LogP contribution is -2.20. The topological polar surface area (TPSA) is 46.2 Å². The smallest absolute Gasteiger partial charge is 0.214 e. The van der Waals surface area contributed by atoms with Gasteiger partial charge in [-0.1, -0.05) is 23.2 Å². The monoisotopic (exact) mass is 257 g/mol. The normalized spacial score (nSPS) is 11.7. The van der Waals surface area contributed by atoms with Crippen molar-refractivity contribution in [3.63, 3.8) is 0 Å². The molecule has 14 heavy (non-hydrogen) atoms. The Hall–Kier alpha value is -0.360. The van der Waals surface area contributed by atoms with Crippen LogP contribution in [0.5, 0.6) is 0 Å². The van der Waals surface area contributed by atoms with Gasteiger partial charge >= 0.3 is 0 Å². The lowest BCUT2D eigenvalue weighted by molar-refractivity contribution is 0.562. The van der Waals surface area contributed by atoms with Crippen molar-refractivity contribution < 1.29 is 12.8 Å². The van der Waals surface area contributed by atoms with E-state index in [0.29, 0.717) is 0 Å². The van der Waals surface area contributed by atoms with Crippen molar-refractivity contribution in [3.8, 4) is 0 Å². The first-order valence-electron chi connectivity index (χ1n) is 3.47. The number of hydrogen-bond donors (Lipinski definition) is 1. The van der Waals surface area contributed by atoms with E-state index in [9.17, 15) is 12.8 Å². The van der Waals surface area contributed by atoms with Gasteiger partial charge in [-0.15, -0.1) is 0 Å². The summed E-state index contributed by atoms with van der Waals surface area (Å²) in [6, 6.07) is 2.41. The molecule has 0 aliphatic rings. The summed E-state index contributed by atoms with van der Waals surface area (Å²) < 4.78 is 37.9. The van der Waals surface area contributed by atoms with Crippen molar-refractivity contribution in [3.05, 3.63) is 28.0 Å². The van der Waals surface area contributed by atoms with Crippen LogP contribution in [0.4, 0.5) is 4.39 Å². The molecule has 0 amide bonds. The fourth-order valence-electron chi connectivity index (χ4n) is 0.857. The second kappa shape index (κ2) is 4.02. The van der Waals surface area contributed by atoms with Crippen LogP contribution in [0.3, 0.4) is 0 Å². The first-order valence-corrected chi connectivity index (χ1v) is 5.71. The Labute approximate surface area is 90.9 Å². The van der Waals surface area contributed by atoms with E-state index in [4.69, 9.17) is 23.2 Å². The highest BCUT2D eigenvalue weighted by Gasteiger charge is 2.22. The molecule has 0 aromatic heterocycles. The van der Waals surface area contributed by atoms with Crippen LogP contribution in [0.2, 0.25) is 10.0 Å². The Morgan fingerprint density at radius 3 is 2.29 bits per heavy atom. The van der Waals surface area contributed by atoms with Crippen molar-refractivity contribution in [2.45, 2.75) is 4.90 Å². The Morgan fingerprint density at radius 1 is 1.29 bits per heavy atom. The molecule has 3 nitrogen and oxygen atoms in total. The lowest BCUT2D eigenvalue weighted by Gasteiger charge is -2.06. The zero-order valence-electron chi connectivity index (χ0n) is 7.01. The van der Waals surface area contributed by atoms with Gasteiger partial charge in [0.2, 0.25) is 10.0 Å². The van der Waals surface area contributed by atoms with Gasteiger partial charge in [-0.25, -0.2) is 17.5 Å². The van der Waals surface area contributed by atoms with Gasteiger partial charge in [0, 0.05) is 0 Å². The third-order valence-corrected chi connectivity index (χ3v) is 3.73. The van der Waals surface area contributed by atoms with Crippen molar-refractivity contribution in [1.29, 1.82) is 0 Å². The van der Waals surface area contributed by atoms with E-state index in [1.165, 1.54) is 12.1 Å². The molecule has 0 saturated carbocycles. The molecule has 0 spiro atoms. The van der Waals surface area contributed by atoms with Crippen molar-refractivity contribution in [2.75, 3.05) is 7.05 Å². The van der Waals surface area contributed by atoms with E-state index in [1.54, 1.807) is 0 Å². The van der Waals surface area contributed by atoms with Gasteiger partial charge in [0.1, 0.15) is 4.90 Å². The van der Waals surface area contributed by atoms with Crippen LogP contribution in [0, 0.1) is 5.82 Å². The molecule has 0 unspecified atom stereocenters. The van der Waals surface area contributed by atoms with E-state index in [0.717, 1.165) is 7.05 Å². The second-order valence-corrected chi connectivity index (χ2v) is 5.02. The minimum Gasteiger partial charge on any atom is -0.214 e. The molecule has 0 atom stereocenters. The quantitative estimate of drug-likeness (QED) is 0.825. The summed E-state index contributed by atoms with van der Waals surface area (Å²) in [6.07, 6.45) is 0. The Bertz CT molecular complexity index is 461. The molecule has 0 bridgehead atoms. The highest BCUT2D eigenvalue weighted by atomic mass is 35.5. The largest absolute Gasteiger partial charge is 0.244 e. The van der Waals surface area contributed by atoms with Gasteiger partial charge in [-0.3, -0.25) is 0 Å². The molecule has 78 valence electrons. The fourth-order valence-corrected chi connectivity index (χ4v) is 2.40. The van der Waals surface area contributed by atoms with Crippen LogP contribution >= 0.6 is 23.2 Å². The molecular formula is C7H6Cl2FNO2S. The molecule has 0 heterocycles. The summed E-state index contributed by atoms with van der Waals surface area (Å²) in [5.41, 5.74) is 0. The van der Waals surface area contributed by atoms with Gasteiger partial charge in [0.15, 0.2) is 5.82 Å². The first-order chi connectivity index (χ1) is 6.40. The molecular weight excluding hydrogens is 252 g/mol. The second-order valence-electron chi connectivity index (χ2n) is 2.38. The van der Waals surface area contributed by atoms with Gasteiger partial charge in [0.05, 0.1) is 10.0 Å². The van der Waals surface area contributed by atoms with Crippen LogP contribution < -0.4 is 4.72 Å². The van der Waals surface area contributed by atoms with Crippen LogP contribution in [0.1, 0.15) is 0 Å². The number of hydrogen-bond acceptors (Lipinski definition) is 2. The Morgan fingerprint density at radius 2 is 1.79 bits per heavy atom. The predicted molar refractivity (Wildman–Crippen MR) is 52.7 cm³/mol. The maximum Gasteiger partial charge on any atom is 0.244 e. The van der Waals surface area contributed by atoms with Crippen molar-refractivity contribution >= 4 is 33.2 Å². The zero-order chi connectivity index (χ0) is 10.9. The summed E-state index contributed by atoms with van der Waals surface area (Å²) in [4.78, 5) is -0.630. The van der Waals surface area contributed by atoms with Crippen molar-refractivity contribution in [2.24, 2.45) is 0 Å². The summed E-state index contributed by atoms with van der Waals surface area (Å²) >= 11 is 11.0. The standard InChI is InChI=1S/C7H6Cl2FNO2S/c1-11-14(12,13)7-5(9)3-2-4(8)6(7)10/h2-3,11H,1H3. The zero-order valence-corrected chi connectivity index (χ0v) is 9.34. The van der Waals surface area contributed by atoms with Gasteiger partial charge in [-0.05, 0) is 19.2 Å². The van der Waals surface area contributed by atoms with Crippen molar-refractivity contribution in [1.82, 2.24) is 4.72 Å². The molecule has 0 saturated heterocycles. The molecule has 0 aliphatic carbocycles. The number of halogens is 3. The average Bonchev–Trinajstić information content (AvgIpc) is 2.12. The average molecular weight is 258 g/mol. The third-order valence-electron chi connectivity index (χ3n) is 1.54. The molecule has 1 rings (SSSR count). The van der Waals surface area contributed by atoms with Crippen LogP contribution in [-0.4, -0.2) is 15.5 Å². The third kappa shape index (κ3) is 2.00. The highest BCUT2D eigenvalue weighted by molar-refractivity contribution is 7.89. The van der Waals surface area contributed by atoms with Gasteiger partial charge in [0.25, 0.3) is 0 Å². The minimum absolute atomic E-state index is 0.207. The van der Waals surface area contributed by atoms with E-state index in [1.807, 2.05) is 4.72 Å². The van der Waals surface area contributed by atoms with E-state index in [-0.39, 0.29) is 10.0 Å². The predicted octanol–water partition coefficient (Wildman–Crippen LogP) is 2.04. The summed E-state index contributed by atoms with van der Waals surface area (Å²) in [5.74, 6) is -1.05. The molecule has 1 N–H and O–H groups in total. The van der Waals surface area contributed by atoms with Crippen LogP contribution in [0.15, 0.2) is 17.0 Å². The Kier molecular flexibility index (Phi) is 3.36. The SMILES string of the molecule is CNS(=O)(=O)c1c(Cl)ccc(Cl)c1F. The number of benzene rings is 1. The molecule has 0 radical (unpaired) electrons. The molecule has 7 heteroatoms. The first kappa shape index (κ1) is 11.7. The highest BCUT2D eigenvalue weighted by Crippen LogP contribution is 2.28. The number of rotatable bonds is 2. The van der Waals surface area contributed by atoms with Gasteiger partial charge < -0.3 is 0 Å². The fraction of sp³-hybridized carbons (Fsp3) is 0.143. The van der Waals surface area contributed by atoms with Gasteiger partial charge in [-0.2, -0.15) is 0 Å². The molecule has 0 fully saturated rings. The summed E-state index contributed by atoms with van der Waals surface area (Å²) in [6.45, 7) is 0. The van der Waals surface area contributed by atoms with Crippen LogP contribution in [-0.2, 0) is 10.0 Å².